The molecule has 0 radical (unpaired) electrons. The minimum Gasteiger partial charge on any atom is -0.474 e. The molecule has 0 amide bonds. The first kappa shape index (κ1) is 21.9. The number of hydrogen-bond acceptors (Lipinski definition) is 8. The fraction of sp³-hybridized carbons (Fsp3) is 0.360. The van der Waals surface area contributed by atoms with Crippen LogP contribution in [0.15, 0.2) is 41.3 Å². The first-order valence-corrected chi connectivity index (χ1v) is 11.3. The molecule has 1 aromatic carbocycles. The SMILES string of the molecule is CC(C)c1noc(C2CCC(Oc3ncnc4c(-c5ccc(C#N)cc5F)nccc34)CC2)n1. The largest absolute Gasteiger partial charge is 0.474 e. The lowest BCUT2D eigenvalue weighted by molar-refractivity contribution is 0.135. The second-order valence-corrected chi connectivity index (χ2v) is 8.78. The van der Waals surface area contributed by atoms with Crippen LogP contribution >= 0.6 is 0 Å². The van der Waals surface area contributed by atoms with Gasteiger partial charge in [0.2, 0.25) is 11.8 Å². The van der Waals surface area contributed by atoms with E-state index in [9.17, 15) is 4.39 Å². The van der Waals surface area contributed by atoms with Gasteiger partial charge < -0.3 is 9.26 Å². The number of nitrogens with zero attached hydrogens (tertiary/aromatic N) is 6. The number of rotatable bonds is 5. The van der Waals surface area contributed by atoms with E-state index in [1.807, 2.05) is 19.9 Å². The number of hydrogen-bond donors (Lipinski definition) is 0. The number of fused-ring (bicyclic) bond motifs is 1. The van der Waals surface area contributed by atoms with Gasteiger partial charge in [-0.1, -0.05) is 19.0 Å². The molecule has 1 aliphatic carbocycles. The van der Waals surface area contributed by atoms with E-state index >= 15 is 0 Å². The highest BCUT2D eigenvalue weighted by atomic mass is 19.1. The third-order valence-corrected chi connectivity index (χ3v) is 6.15. The van der Waals surface area contributed by atoms with Gasteiger partial charge in [0, 0.05) is 23.6 Å². The predicted octanol–water partition coefficient (Wildman–Crippen LogP) is 5.31. The first-order chi connectivity index (χ1) is 16.5. The molecule has 8 nitrogen and oxygen atoms in total. The summed E-state index contributed by atoms with van der Waals surface area (Å²) in [6.45, 7) is 4.09. The average molecular weight is 458 g/mol. The van der Waals surface area contributed by atoms with Crippen LogP contribution in [0, 0.1) is 17.1 Å². The van der Waals surface area contributed by atoms with Gasteiger partial charge in [0.25, 0.3) is 0 Å². The van der Waals surface area contributed by atoms with Gasteiger partial charge in [-0.2, -0.15) is 10.2 Å². The number of halogens is 1. The summed E-state index contributed by atoms with van der Waals surface area (Å²) in [6.07, 6.45) is 6.42. The van der Waals surface area contributed by atoms with Crippen LogP contribution in [-0.2, 0) is 0 Å². The topological polar surface area (TPSA) is 111 Å². The van der Waals surface area contributed by atoms with Crippen molar-refractivity contribution in [3.8, 4) is 23.2 Å². The first-order valence-electron chi connectivity index (χ1n) is 11.3. The summed E-state index contributed by atoms with van der Waals surface area (Å²) in [5, 5.41) is 13.8. The molecule has 9 heteroatoms. The van der Waals surface area contributed by atoms with Crippen molar-refractivity contribution in [2.45, 2.75) is 57.5 Å². The van der Waals surface area contributed by atoms with Gasteiger partial charge in [0.1, 0.15) is 23.8 Å². The minimum atomic E-state index is -0.528. The second kappa shape index (κ2) is 9.14. The molecule has 0 aliphatic heterocycles. The van der Waals surface area contributed by atoms with E-state index in [1.165, 1.54) is 12.4 Å². The van der Waals surface area contributed by atoms with E-state index in [2.05, 4.69) is 25.1 Å². The van der Waals surface area contributed by atoms with Crippen LogP contribution in [-0.4, -0.2) is 31.2 Å². The van der Waals surface area contributed by atoms with Crippen molar-refractivity contribution < 1.29 is 13.7 Å². The Morgan fingerprint density at radius 1 is 1.12 bits per heavy atom. The molecule has 1 aliphatic rings. The van der Waals surface area contributed by atoms with E-state index < -0.39 is 5.82 Å². The maximum atomic E-state index is 14.7. The van der Waals surface area contributed by atoms with Crippen molar-refractivity contribution in [3.63, 3.8) is 0 Å². The van der Waals surface area contributed by atoms with Crippen LogP contribution < -0.4 is 4.74 Å². The second-order valence-electron chi connectivity index (χ2n) is 8.78. The van der Waals surface area contributed by atoms with E-state index in [0.717, 1.165) is 31.5 Å². The highest BCUT2D eigenvalue weighted by Gasteiger charge is 2.28. The van der Waals surface area contributed by atoms with E-state index in [4.69, 9.17) is 14.5 Å². The van der Waals surface area contributed by atoms with Crippen LogP contribution in [0.2, 0.25) is 0 Å². The smallest absolute Gasteiger partial charge is 0.229 e. The van der Waals surface area contributed by atoms with Crippen LogP contribution in [0.25, 0.3) is 22.2 Å². The zero-order valence-electron chi connectivity index (χ0n) is 18.9. The Labute approximate surface area is 195 Å². The lowest BCUT2D eigenvalue weighted by Crippen LogP contribution is -2.24. The van der Waals surface area contributed by atoms with Crippen molar-refractivity contribution in [2.24, 2.45) is 0 Å². The van der Waals surface area contributed by atoms with E-state index in [0.29, 0.717) is 28.4 Å². The zero-order valence-corrected chi connectivity index (χ0v) is 18.9. The number of pyridine rings is 1. The van der Waals surface area contributed by atoms with Crippen molar-refractivity contribution in [1.29, 1.82) is 5.26 Å². The Bertz CT molecular complexity index is 1370. The molecule has 1 fully saturated rings. The molecule has 0 unspecified atom stereocenters. The summed E-state index contributed by atoms with van der Waals surface area (Å²) in [4.78, 5) is 17.6. The molecular formula is C25H23FN6O2. The maximum absolute atomic E-state index is 14.7. The minimum absolute atomic E-state index is 0.00916. The molecule has 0 N–H and O–H groups in total. The lowest BCUT2D eigenvalue weighted by Gasteiger charge is -2.27. The Kier molecular flexibility index (Phi) is 5.88. The van der Waals surface area contributed by atoms with E-state index in [1.54, 1.807) is 24.4 Å². The standard InChI is InChI=1S/C25H23FN6O2/c1-14(2)23-31-24(34-32-23)16-4-6-17(7-5-16)33-25-19-9-10-28-21(22(19)29-13-30-25)18-8-3-15(12-27)11-20(18)26/h3,8-11,13-14,16-17H,4-7H2,1-2H3. The summed E-state index contributed by atoms with van der Waals surface area (Å²) in [6, 6.07) is 8.01. The molecule has 34 heavy (non-hydrogen) atoms. The molecule has 1 saturated carbocycles. The lowest BCUT2D eigenvalue weighted by atomic mass is 9.87. The third kappa shape index (κ3) is 4.19. The normalized spacial score (nSPS) is 18.2. The van der Waals surface area contributed by atoms with Crippen molar-refractivity contribution >= 4 is 10.9 Å². The Balaban J connectivity index is 1.35. The molecule has 4 aromatic rings. The summed E-state index contributed by atoms with van der Waals surface area (Å²) >= 11 is 0. The Morgan fingerprint density at radius 2 is 1.94 bits per heavy atom. The van der Waals surface area contributed by atoms with Crippen LogP contribution in [0.3, 0.4) is 0 Å². The van der Waals surface area contributed by atoms with Gasteiger partial charge in [-0.15, -0.1) is 0 Å². The van der Waals surface area contributed by atoms with Gasteiger partial charge in [0.05, 0.1) is 22.7 Å². The quantitative estimate of drug-likeness (QED) is 0.395. The molecule has 3 heterocycles. The number of aromatic nitrogens is 5. The molecule has 0 atom stereocenters. The van der Waals surface area contributed by atoms with Crippen molar-refractivity contribution in [2.75, 3.05) is 0 Å². The van der Waals surface area contributed by atoms with E-state index in [-0.39, 0.29) is 29.1 Å². The average Bonchev–Trinajstić information content (AvgIpc) is 3.35. The molecule has 0 spiro atoms. The van der Waals surface area contributed by atoms with Crippen LogP contribution in [0.4, 0.5) is 4.39 Å². The Morgan fingerprint density at radius 3 is 2.65 bits per heavy atom. The fourth-order valence-electron chi connectivity index (χ4n) is 4.27. The van der Waals surface area contributed by atoms with Crippen molar-refractivity contribution in [1.82, 2.24) is 25.1 Å². The molecule has 0 bridgehead atoms. The molecule has 5 rings (SSSR count). The molecule has 172 valence electrons. The molecule has 3 aromatic heterocycles. The fourth-order valence-corrected chi connectivity index (χ4v) is 4.27. The van der Waals surface area contributed by atoms with Crippen LogP contribution in [0.5, 0.6) is 5.88 Å². The highest BCUT2D eigenvalue weighted by molar-refractivity contribution is 5.94. The molecule has 0 saturated heterocycles. The summed E-state index contributed by atoms with van der Waals surface area (Å²) in [5.74, 6) is 1.84. The zero-order chi connectivity index (χ0) is 23.7. The van der Waals surface area contributed by atoms with Crippen LogP contribution in [0.1, 0.15) is 68.6 Å². The van der Waals surface area contributed by atoms with Gasteiger partial charge in [-0.3, -0.25) is 4.98 Å². The summed E-state index contributed by atoms with van der Waals surface area (Å²) < 4.78 is 26.4. The Hall–Kier alpha value is -3.93. The predicted molar refractivity (Wildman–Crippen MR) is 121 cm³/mol. The van der Waals surface area contributed by atoms with Gasteiger partial charge >= 0.3 is 0 Å². The summed E-state index contributed by atoms with van der Waals surface area (Å²) in [7, 11) is 0. The molecular weight excluding hydrogens is 435 g/mol. The number of benzene rings is 1. The van der Waals surface area contributed by atoms with Gasteiger partial charge in [0.15, 0.2) is 5.82 Å². The monoisotopic (exact) mass is 458 g/mol. The van der Waals surface area contributed by atoms with Gasteiger partial charge in [-0.25, -0.2) is 14.4 Å². The summed E-state index contributed by atoms with van der Waals surface area (Å²) in [5.41, 5.74) is 1.40. The van der Waals surface area contributed by atoms with Gasteiger partial charge in [-0.05, 0) is 49.9 Å². The third-order valence-electron chi connectivity index (χ3n) is 6.15. The van der Waals surface area contributed by atoms with Crippen molar-refractivity contribution in [3.05, 3.63) is 59.9 Å². The highest BCUT2D eigenvalue weighted by Crippen LogP contribution is 2.36. The number of nitriles is 1. The maximum Gasteiger partial charge on any atom is 0.229 e. The number of ether oxygens (including phenoxy) is 1.